The van der Waals surface area contributed by atoms with Crippen molar-refractivity contribution in [2.24, 2.45) is 0 Å². The van der Waals surface area contributed by atoms with E-state index in [1.165, 1.54) is 17.3 Å². The Hall–Kier alpha value is -2.17. The third-order valence-corrected chi connectivity index (χ3v) is 7.08. The summed E-state index contributed by atoms with van der Waals surface area (Å²) >= 11 is 3.32. The number of halogens is 1. The van der Waals surface area contributed by atoms with E-state index in [0.29, 0.717) is 18.8 Å². The number of carbonyl (C=O) groups is 2. The van der Waals surface area contributed by atoms with Crippen molar-refractivity contribution in [2.75, 3.05) is 25.0 Å². The lowest BCUT2D eigenvalue weighted by Crippen LogP contribution is -2.28. The van der Waals surface area contributed by atoms with E-state index in [4.69, 9.17) is 4.42 Å². The summed E-state index contributed by atoms with van der Waals surface area (Å²) in [5.41, 5.74) is 0.656. The molecule has 10 heteroatoms. The number of furan rings is 1. The van der Waals surface area contributed by atoms with Crippen LogP contribution in [-0.2, 0) is 14.8 Å². The van der Waals surface area contributed by atoms with Gasteiger partial charge in [0, 0.05) is 42.3 Å². The number of nitrogens with zero attached hydrogens (tertiary/aromatic N) is 1. The highest BCUT2D eigenvalue weighted by molar-refractivity contribution is 9.10. The molecule has 0 atom stereocenters. The number of anilines is 1. The second-order valence-corrected chi connectivity index (χ2v) is 9.53. The topological polar surface area (TPSA) is 109 Å². The van der Waals surface area contributed by atoms with Crippen LogP contribution in [-0.4, -0.2) is 44.2 Å². The Morgan fingerprint density at radius 3 is 2.48 bits per heavy atom. The summed E-state index contributed by atoms with van der Waals surface area (Å²) in [6.45, 7) is 2.56. The van der Waals surface area contributed by atoms with Gasteiger partial charge in [-0.15, -0.1) is 0 Å². The molecule has 0 spiro atoms. The first kappa shape index (κ1) is 21.5. The number of carbonyl (C=O) groups excluding carboxylic acids is 2. The van der Waals surface area contributed by atoms with Gasteiger partial charge in [-0.2, -0.15) is 4.31 Å². The minimum atomic E-state index is -3.66. The Morgan fingerprint density at radius 1 is 1.17 bits per heavy atom. The van der Waals surface area contributed by atoms with Gasteiger partial charge in [0.05, 0.1) is 0 Å². The minimum Gasteiger partial charge on any atom is -0.455 e. The number of benzene rings is 1. The smallest absolute Gasteiger partial charge is 0.287 e. The van der Waals surface area contributed by atoms with Gasteiger partial charge in [-0.1, -0.05) is 15.9 Å². The summed E-state index contributed by atoms with van der Waals surface area (Å²) in [5.74, 6) is -0.725. The van der Waals surface area contributed by atoms with E-state index in [0.717, 1.165) is 17.3 Å². The van der Waals surface area contributed by atoms with Crippen molar-refractivity contribution in [1.82, 2.24) is 9.62 Å². The lowest BCUT2D eigenvalue weighted by atomic mass is 10.3. The number of aryl methyl sites for hydroxylation is 1. The van der Waals surface area contributed by atoms with Crippen LogP contribution in [0.2, 0.25) is 0 Å². The molecule has 3 rings (SSSR count). The van der Waals surface area contributed by atoms with Crippen LogP contribution in [0.3, 0.4) is 0 Å². The number of hydrogen-bond donors (Lipinski definition) is 2. The van der Waals surface area contributed by atoms with Gasteiger partial charge in [0.25, 0.3) is 5.91 Å². The van der Waals surface area contributed by atoms with Gasteiger partial charge in [-0.05, 0) is 44.0 Å². The van der Waals surface area contributed by atoms with E-state index >= 15 is 0 Å². The van der Waals surface area contributed by atoms with Crippen LogP contribution in [0, 0.1) is 6.92 Å². The molecule has 1 aliphatic rings. The maximum Gasteiger partial charge on any atom is 0.287 e. The van der Waals surface area contributed by atoms with Crippen molar-refractivity contribution in [3.8, 4) is 0 Å². The summed E-state index contributed by atoms with van der Waals surface area (Å²) in [5, 5.41) is 5.30. The monoisotopic (exact) mass is 483 g/mol. The normalized spacial score (nSPS) is 14.7. The maximum absolute atomic E-state index is 12.7. The van der Waals surface area contributed by atoms with E-state index in [9.17, 15) is 18.0 Å². The quantitative estimate of drug-likeness (QED) is 0.629. The number of nitrogens with one attached hydrogen (secondary N) is 2. The Morgan fingerprint density at radius 2 is 1.83 bits per heavy atom. The molecule has 8 nitrogen and oxygen atoms in total. The van der Waals surface area contributed by atoms with Gasteiger partial charge in [0.2, 0.25) is 15.9 Å². The average Bonchev–Trinajstić information content (AvgIpc) is 3.34. The van der Waals surface area contributed by atoms with E-state index in [-0.39, 0.29) is 35.3 Å². The standard InChI is InChI=1S/C19H22BrN3O5S/c1-13-17(29(26,27)23-10-2-3-11-23)12-16(28-13)19(25)21-9-8-18(24)22-15-6-4-14(20)5-7-15/h4-7,12H,2-3,8-11H2,1H3,(H,21,25)(H,22,24). The minimum absolute atomic E-state index is 0.0116. The summed E-state index contributed by atoms with van der Waals surface area (Å²) in [6.07, 6.45) is 1.72. The number of rotatable bonds is 7. The Balaban J connectivity index is 1.54. The predicted molar refractivity (Wildman–Crippen MR) is 111 cm³/mol. The van der Waals surface area contributed by atoms with E-state index in [2.05, 4.69) is 26.6 Å². The molecule has 2 amide bonds. The predicted octanol–water partition coefficient (Wildman–Crippen LogP) is 2.89. The molecule has 0 saturated carbocycles. The number of amides is 2. The second kappa shape index (κ2) is 9.10. The van der Waals surface area contributed by atoms with Crippen LogP contribution in [0.25, 0.3) is 0 Å². The molecule has 29 heavy (non-hydrogen) atoms. The highest BCUT2D eigenvalue weighted by Crippen LogP contribution is 2.26. The highest BCUT2D eigenvalue weighted by Gasteiger charge is 2.31. The number of sulfonamides is 1. The lowest BCUT2D eigenvalue weighted by Gasteiger charge is -2.14. The van der Waals surface area contributed by atoms with Gasteiger partial charge in [-0.3, -0.25) is 9.59 Å². The second-order valence-electron chi connectivity index (χ2n) is 6.70. The molecule has 1 aliphatic heterocycles. The van der Waals surface area contributed by atoms with Crippen molar-refractivity contribution in [2.45, 2.75) is 31.1 Å². The van der Waals surface area contributed by atoms with E-state index in [1.807, 2.05) is 12.1 Å². The zero-order valence-corrected chi connectivity index (χ0v) is 18.3. The van der Waals surface area contributed by atoms with Crippen molar-refractivity contribution in [3.05, 3.63) is 46.3 Å². The molecule has 2 N–H and O–H groups in total. The van der Waals surface area contributed by atoms with Crippen LogP contribution in [0.15, 0.2) is 44.1 Å². The van der Waals surface area contributed by atoms with Gasteiger partial charge in [0.15, 0.2) is 5.76 Å². The third kappa shape index (κ3) is 5.26. The van der Waals surface area contributed by atoms with Gasteiger partial charge < -0.3 is 15.1 Å². The van der Waals surface area contributed by atoms with Gasteiger partial charge >= 0.3 is 0 Å². The maximum atomic E-state index is 12.7. The molecule has 2 aromatic rings. The van der Waals surface area contributed by atoms with Crippen LogP contribution < -0.4 is 10.6 Å². The summed E-state index contributed by atoms with van der Waals surface area (Å²) in [4.78, 5) is 24.3. The van der Waals surface area contributed by atoms with Crippen molar-refractivity contribution in [3.63, 3.8) is 0 Å². The van der Waals surface area contributed by atoms with E-state index < -0.39 is 15.9 Å². The highest BCUT2D eigenvalue weighted by atomic mass is 79.9. The van der Waals surface area contributed by atoms with Crippen molar-refractivity contribution < 1.29 is 22.4 Å². The number of hydrogen-bond acceptors (Lipinski definition) is 5. The Kier molecular flexibility index (Phi) is 6.76. The molecule has 1 saturated heterocycles. The van der Waals surface area contributed by atoms with Crippen LogP contribution >= 0.6 is 15.9 Å². The van der Waals surface area contributed by atoms with Gasteiger partial charge in [0.1, 0.15) is 10.7 Å². The molecule has 1 aromatic carbocycles. The fourth-order valence-corrected chi connectivity index (χ4v) is 4.98. The zero-order chi connectivity index (χ0) is 21.0. The van der Waals surface area contributed by atoms with Gasteiger partial charge in [-0.25, -0.2) is 8.42 Å². The molecule has 0 aliphatic carbocycles. The fourth-order valence-electron chi connectivity index (χ4n) is 3.03. The molecule has 2 heterocycles. The average molecular weight is 484 g/mol. The molecular weight excluding hydrogens is 462 g/mol. The molecular formula is C19H22BrN3O5S. The SMILES string of the molecule is Cc1oc(C(=O)NCCC(=O)Nc2ccc(Br)cc2)cc1S(=O)(=O)N1CCCC1. The largest absolute Gasteiger partial charge is 0.455 e. The Labute approximate surface area is 177 Å². The zero-order valence-electron chi connectivity index (χ0n) is 15.9. The van der Waals surface area contributed by atoms with Crippen LogP contribution in [0.1, 0.15) is 35.6 Å². The summed E-state index contributed by atoms with van der Waals surface area (Å²) in [6, 6.07) is 8.39. The Bertz CT molecular complexity index is 995. The van der Waals surface area contributed by atoms with Crippen LogP contribution in [0.5, 0.6) is 0 Å². The first-order valence-corrected chi connectivity index (χ1v) is 11.4. The fraction of sp³-hybridized carbons (Fsp3) is 0.368. The molecule has 0 bridgehead atoms. The summed E-state index contributed by atoms with van der Waals surface area (Å²) < 4.78 is 33.0. The first-order valence-electron chi connectivity index (χ1n) is 9.21. The summed E-state index contributed by atoms with van der Waals surface area (Å²) in [7, 11) is -3.66. The first-order chi connectivity index (χ1) is 13.8. The molecule has 1 aromatic heterocycles. The molecule has 0 unspecified atom stereocenters. The molecule has 0 radical (unpaired) electrons. The van der Waals surface area contributed by atoms with Crippen LogP contribution in [0.4, 0.5) is 5.69 Å². The van der Waals surface area contributed by atoms with Crippen molar-refractivity contribution >= 4 is 43.5 Å². The molecule has 1 fully saturated rings. The third-order valence-electron chi connectivity index (χ3n) is 4.54. The van der Waals surface area contributed by atoms with E-state index in [1.54, 1.807) is 12.1 Å². The lowest BCUT2D eigenvalue weighted by molar-refractivity contribution is -0.116. The van der Waals surface area contributed by atoms with Crippen molar-refractivity contribution in [1.29, 1.82) is 0 Å². The molecule has 156 valence electrons.